The first-order chi connectivity index (χ1) is 7.74. The third kappa shape index (κ3) is 4.37. The van der Waals surface area contributed by atoms with Crippen LogP contribution in [0.25, 0.3) is 0 Å². The highest BCUT2D eigenvalue weighted by molar-refractivity contribution is 7.53. The number of ether oxygens (including phenoxy) is 1. The van der Waals surface area contributed by atoms with Crippen LogP contribution in [0, 0.1) is 0 Å². The van der Waals surface area contributed by atoms with Crippen LogP contribution in [0.15, 0.2) is 43.0 Å². The quantitative estimate of drug-likeness (QED) is 0.330. The summed E-state index contributed by atoms with van der Waals surface area (Å²) in [6.07, 6.45) is 2.25. The second-order valence-corrected chi connectivity index (χ2v) is 4.88. The summed E-state index contributed by atoms with van der Waals surface area (Å²) in [6.45, 7) is 3.58. The molecular weight excluding hydrogens is 223 g/mol. The summed E-state index contributed by atoms with van der Waals surface area (Å²) in [5, 5.41) is 0.840. The second kappa shape index (κ2) is 6.91. The highest BCUT2D eigenvalue weighted by Crippen LogP contribution is 2.20. The van der Waals surface area contributed by atoms with Crippen molar-refractivity contribution in [3.05, 3.63) is 43.0 Å². The van der Waals surface area contributed by atoms with Gasteiger partial charge in [-0.3, -0.25) is 0 Å². The topological polar surface area (TPSA) is 43.4 Å². The molecule has 0 spiro atoms. The summed E-state index contributed by atoms with van der Waals surface area (Å²) in [7, 11) is -1.38. The minimum Gasteiger partial charge on any atom is -0.462 e. The zero-order valence-electron chi connectivity index (χ0n) is 8.96. The van der Waals surface area contributed by atoms with Crippen molar-refractivity contribution in [2.75, 3.05) is 12.8 Å². The van der Waals surface area contributed by atoms with Gasteiger partial charge in [0.25, 0.3) is 0 Å². The van der Waals surface area contributed by atoms with Gasteiger partial charge in [-0.2, -0.15) is 0 Å². The molecule has 0 heterocycles. The van der Waals surface area contributed by atoms with Gasteiger partial charge in [-0.25, -0.2) is 4.79 Å². The van der Waals surface area contributed by atoms with Crippen molar-refractivity contribution in [1.82, 2.24) is 0 Å². The fourth-order valence-corrected chi connectivity index (χ4v) is 2.34. The molecule has 1 atom stereocenters. The van der Waals surface area contributed by atoms with Crippen molar-refractivity contribution in [1.29, 1.82) is 0 Å². The summed E-state index contributed by atoms with van der Waals surface area (Å²) >= 11 is 0. The van der Waals surface area contributed by atoms with Crippen molar-refractivity contribution in [2.24, 2.45) is 0 Å². The number of hydrogen-bond acceptors (Lipinski definition) is 3. The van der Waals surface area contributed by atoms with Gasteiger partial charge in [0, 0.05) is 12.5 Å². The Hall–Kier alpha value is -1.47. The number of hydrogen-bond donors (Lipinski definition) is 0. The lowest BCUT2D eigenvalue weighted by Gasteiger charge is -1.96. The molecule has 0 N–H and O–H groups in total. The van der Waals surface area contributed by atoms with Crippen LogP contribution < -0.4 is 5.30 Å². The molecule has 0 aliphatic carbocycles. The van der Waals surface area contributed by atoms with E-state index in [1.807, 2.05) is 30.3 Å². The minimum atomic E-state index is -1.38. The molecule has 0 radical (unpaired) electrons. The van der Waals surface area contributed by atoms with Crippen molar-refractivity contribution in [2.45, 2.75) is 6.42 Å². The average Bonchev–Trinajstić information content (AvgIpc) is 2.35. The highest BCUT2D eigenvalue weighted by atomic mass is 31.1. The van der Waals surface area contributed by atoms with E-state index in [-0.39, 0.29) is 0 Å². The van der Waals surface area contributed by atoms with E-state index in [9.17, 15) is 9.36 Å². The van der Waals surface area contributed by atoms with Gasteiger partial charge in [-0.15, -0.1) is 0 Å². The standard InChI is InChI=1S/C12H14O3P/c1-2-12(13)15-9-6-10-16(14)11-7-4-3-5-8-11/h2-5,7-8H,1,6,9-10H2/q+1. The lowest BCUT2D eigenvalue weighted by molar-refractivity contribution is -0.137. The Bertz CT molecular complexity index is 373. The van der Waals surface area contributed by atoms with Gasteiger partial charge in [0.1, 0.15) is 0 Å². The molecule has 0 aromatic heterocycles. The van der Waals surface area contributed by atoms with Crippen LogP contribution in [0.1, 0.15) is 6.42 Å². The molecule has 4 heteroatoms. The molecule has 0 saturated carbocycles. The normalized spacial score (nSPS) is 10.6. The Kier molecular flexibility index (Phi) is 5.44. The fourth-order valence-electron chi connectivity index (χ4n) is 1.16. The molecule has 1 unspecified atom stereocenters. The summed E-state index contributed by atoms with van der Waals surface area (Å²) in [5.41, 5.74) is 0. The summed E-state index contributed by atoms with van der Waals surface area (Å²) in [6, 6.07) is 9.29. The number of carbonyl (C=O) groups is 1. The zero-order chi connectivity index (χ0) is 11.8. The molecule has 1 rings (SSSR count). The van der Waals surface area contributed by atoms with Gasteiger partial charge < -0.3 is 4.74 Å². The molecule has 0 bridgehead atoms. The largest absolute Gasteiger partial charge is 0.462 e. The monoisotopic (exact) mass is 237 g/mol. The Morgan fingerprint density at radius 3 is 2.69 bits per heavy atom. The molecule has 1 aromatic carbocycles. The zero-order valence-corrected chi connectivity index (χ0v) is 9.86. The number of esters is 1. The Balaban J connectivity index is 2.26. The van der Waals surface area contributed by atoms with E-state index in [4.69, 9.17) is 4.74 Å². The predicted molar refractivity (Wildman–Crippen MR) is 64.3 cm³/mol. The molecule has 1 aromatic rings. The maximum absolute atomic E-state index is 11.7. The van der Waals surface area contributed by atoms with Gasteiger partial charge in [0.15, 0.2) is 11.5 Å². The summed E-state index contributed by atoms with van der Waals surface area (Å²) in [5.74, 6) is -0.435. The van der Waals surface area contributed by atoms with Crippen molar-refractivity contribution < 1.29 is 14.1 Å². The van der Waals surface area contributed by atoms with Gasteiger partial charge in [0.05, 0.1) is 6.61 Å². The molecule has 0 aliphatic heterocycles. The van der Waals surface area contributed by atoms with Gasteiger partial charge in [-0.05, 0) is 12.1 Å². The van der Waals surface area contributed by atoms with Crippen molar-refractivity contribution in [3.8, 4) is 0 Å². The SMILES string of the molecule is C=CC(=O)OCCC[P+](=O)c1ccccc1. The summed E-state index contributed by atoms with van der Waals surface area (Å²) in [4.78, 5) is 10.7. The maximum Gasteiger partial charge on any atom is 0.376 e. The first-order valence-corrected chi connectivity index (χ1v) is 6.47. The lowest BCUT2D eigenvalue weighted by atomic mass is 10.4. The smallest absolute Gasteiger partial charge is 0.376 e. The van der Waals surface area contributed by atoms with E-state index in [1.54, 1.807) is 0 Å². The Morgan fingerprint density at radius 1 is 1.38 bits per heavy atom. The van der Waals surface area contributed by atoms with E-state index >= 15 is 0 Å². The van der Waals surface area contributed by atoms with Crippen LogP contribution in [0.4, 0.5) is 0 Å². The molecule has 0 aliphatic rings. The Labute approximate surface area is 95.9 Å². The van der Waals surface area contributed by atoms with Crippen LogP contribution in [-0.4, -0.2) is 18.7 Å². The second-order valence-electron chi connectivity index (χ2n) is 3.16. The minimum absolute atomic E-state index is 0.290. The number of benzene rings is 1. The van der Waals surface area contributed by atoms with Crippen LogP contribution in [0.3, 0.4) is 0 Å². The van der Waals surface area contributed by atoms with E-state index in [2.05, 4.69) is 6.58 Å². The van der Waals surface area contributed by atoms with E-state index in [1.165, 1.54) is 0 Å². The van der Waals surface area contributed by atoms with E-state index < -0.39 is 13.8 Å². The van der Waals surface area contributed by atoms with Crippen LogP contribution in [-0.2, 0) is 14.1 Å². The molecule has 16 heavy (non-hydrogen) atoms. The van der Waals surface area contributed by atoms with Crippen molar-refractivity contribution in [3.63, 3.8) is 0 Å². The third-order valence-electron chi connectivity index (χ3n) is 1.96. The first-order valence-electron chi connectivity index (χ1n) is 5.03. The van der Waals surface area contributed by atoms with Crippen LogP contribution >= 0.6 is 7.80 Å². The first kappa shape index (κ1) is 12.6. The third-order valence-corrected chi connectivity index (χ3v) is 3.56. The number of rotatable bonds is 6. The number of carbonyl (C=O) groups excluding carboxylic acids is 1. The molecule has 0 amide bonds. The van der Waals surface area contributed by atoms with E-state index in [0.717, 1.165) is 11.4 Å². The molecular formula is C12H14O3P+. The van der Waals surface area contributed by atoms with Gasteiger partial charge in [-0.1, -0.05) is 29.3 Å². The molecule has 0 saturated heterocycles. The fraction of sp³-hybridized carbons (Fsp3) is 0.250. The average molecular weight is 237 g/mol. The molecule has 84 valence electrons. The highest BCUT2D eigenvalue weighted by Gasteiger charge is 2.17. The Morgan fingerprint density at radius 2 is 2.06 bits per heavy atom. The van der Waals surface area contributed by atoms with E-state index in [0.29, 0.717) is 19.2 Å². The lowest BCUT2D eigenvalue weighted by Crippen LogP contribution is -2.04. The molecule has 0 fully saturated rings. The van der Waals surface area contributed by atoms with Gasteiger partial charge in [0.2, 0.25) is 0 Å². The predicted octanol–water partition coefficient (Wildman–Crippen LogP) is 2.26. The maximum atomic E-state index is 11.7. The summed E-state index contributed by atoms with van der Waals surface area (Å²) < 4.78 is 16.5. The van der Waals surface area contributed by atoms with Crippen LogP contribution in [0.2, 0.25) is 0 Å². The van der Waals surface area contributed by atoms with Crippen LogP contribution in [0.5, 0.6) is 0 Å². The van der Waals surface area contributed by atoms with Gasteiger partial charge >= 0.3 is 13.8 Å². The molecule has 3 nitrogen and oxygen atoms in total. The van der Waals surface area contributed by atoms with Crippen molar-refractivity contribution >= 4 is 19.1 Å².